The predicted octanol–water partition coefficient (Wildman–Crippen LogP) is 3.44. The highest BCUT2D eigenvalue weighted by atomic mass is 16.3. The lowest BCUT2D eigenvalue weighted by atomic mass is 10.1. The van der Waals surface area contributed by atoms with Crippen molar-refractivity contribution in [3.8, 4) is 22.8 Å². The Hall–Kier alpha value is -4.79. The van der Waals surface area contributed by atoms with E-state index in [-0.39, 0.29) is 17.4 Å². The van der Waals surface area contributed by atoms with Crippen LogP contribution in [-0.2, 0) is 6.54 Å². The molecule has 9 heteroatoms. The Morgan fingerprint density at radius 1 is 0.944 bits per heavy atom. The lowest BCUT2D eigenvalue weighted by Gasteiger charge is -2.24. The van der Waals surface area contributed by atoms with Gasteiger partial charge >= 0.3 is 0 Å². The second-order valence-electron chi connectivity index (χ2n) is 8.44. The van der Waals surface area contributed by atoms with Gasteiger partial charge in [-0.1, -0.05) is 48.5 Å². The largest absolute Gasteiger partial charge is 0.860 e. The summed E-state index contributed by atoms with van der Waals surface area (Å²) in [6, 6.07) is 22.0. The number of benzene rings is 2. The first-order chi connectivity index (χ1) is 17.4. The van der Waals surface area contributed by atoms with Gasteiger partial charge in [0.2, 0.25) is 11.9 Å². The number of pyridine rings is 1. The van der Waals surface area contributed by atoms with Crippen molar-refractivity contribution in [2.24, 2.45) is 4.99 Å². The van der Waals surface area contributed by atoms with Crippen LogP contribution in [0.3, 0.4) is 0 Å². The minimum absolute atomic E-state index is 0.222. The minimum atomic E-state index is -0.374. The molecule has 2 aliphatic heterocycles. The van der Waals surface area contributed by atoms with Crippen LogP contribution in [0.1, 0.15) is 22.6 Å². The molecule has 0 saturated carbocycles. The Morgan fingerprint density at radius 2 is 1.58 bits per heavy atom. The molecule has 0 fully saturated rings. The third-order valence-electron chi connectivity index (χ3n) is 5.72. The Bertz CT molecular complexity index is 1570. The van der Waals surface area contributed by atoms with Gasteiger partial charge in [0, 0.05) is 17.1 Å². The van der Waals surface area contributed by atoms with E-state index in [1.165, 1.54) is 15.3 Å². The van der Waals surface area contributed by atoms with Gasteiger partial charge in [-0.3, -0.25) is 14.7 Å². The number of aryl methyl sites for hydroxylation is 2. The van der Waals surface area contributed by atoms with Crippen molar-refractivity contribution in [3.63, 3.8) is 0 Å². The number of nitrogens with one attached hydrogen (secondary N) is 1. The molecule has 0 bridgehead atoms. The highest BCUT2D eigenvalue weighted by Gasteiger charge is 2.22. The minimum Gasteiger partial charge on any atom is -0.860 e. The molecule has 3 heterocycles. The number of anilines is 1. The van der Waals surface area contributed by atoms with E-state index < -0.39 is 0 Å². The molecule has 5 rings (SSSR count). The summed E-state index contributed by atoms with van der Waals surface area (Å²) in [6.45, 7) is 5.76. The van der Waals surface area contributed by atoms with Gasteiger partial charge in [0.05, 0.1) is 23.5 Å². The van der Waals surface area contributed by atoms with Crippen LogP contribution in [0.5, 0.6) is 5.88 Å². The van der Waals surface area contributed by atoms with Crippen LogP contribution in [0.15, 0.2) is 82.6 Å². The van der Waals surface area contributed by atoms with Crippen LogP contribution >= 0.6 is 0 Å². The lowest BCUT2D eigenvalue weighted by molar-refractivity contribution is -0.277. The fourth-order valence-corrected chi connectivity index (χ4v) is 4.12. The van der Waals surface area contributed by atoms with Crippen LogP contribution in [0.4, 0.5) is 5.95 Å². The fraction of sp³-hybridized carbons (Fsp3) is 0.148. The summed E-state index contributed by atoms with van der Waals surface area (Å²) in [5, 5.41) is 20.9. The van der Waals surface area contributed by atoms with E-state index in [1.807, 2.05) is 68.4 Å². The molecule has 36 heavy (non-hydrogen) atoms. The van der Waals surface area contributed by atoms with E-state index in [9.17, 15) is 9.90 Å². The number of fused-ring (bicyclic) bond motifs is 1. The third kappa shape index (κ3) is 4.46. The average Bonchev–Trinajstić information content (AvgIpc) is 3.19. The van der Waals surface area contributed by atoms with Crippen LogP contribution in [-0.4, -0.2) is 30.3 Å². The molecule has 0 unspecified atom stereocenters. The summed E-state index contributed by atoms with van der Waals surface area (Å²) >= 11 is 0. The molecule has 0 radical (unpaired) electrons. The van der Waals surface area contributed by atoms with Crippen molar-refractivity contribution < 1.29 is 5.11 Å². The van der Waals surface area contributed by atoms with Crippen molar-refractivity contribution in [1.82, 2.24) is 24.3 Å². The van der Waals surface area contributed by atoms with E-state index in [0.29, 0.717) is 35.1 Å². The van der Waals surface area contributed by atoms with Gasteiger partial charge in [-0.15, -0.1) is 0 Å². The standard InChI is InChI=1S/C27H25N7O2/c1-17-14-18(2)30-26(29-17)31-27(28-16-20-10-6-4-7-11-20)33-19(3)24-22(15-23(33)35)32-34(25(24)36)21-12-8-5-9-13-21/h4-15,35H,16H2,1-3H3,(H,28,29,30,31)/p-1. The highest BCUT2D eigenvalue weighted by Crippen LogP contribution is 2.26. The van der Waals surface area contributed by atoms with Gasteiger partial charge < -0.3 is 5.11 Å². The summed E-state index contributed by atoms with van der Waals surface area (Å²) in [6.07, 6.45) is 0. The molecule has 0 amide bonds. The number of aliphatic imine (C=N–C) groups is 1. The van der Waals surface area contributed by atoms with Gasteiger partial charge in [0.15, 0.2) is 0 Å². The number of para-hydroxylation sites is 1. The van der Waals surface area contributed by atoms with Crippen molar-refractivity contribution in [2.75, 3.05) is 5.32 Å². The maximum Gasteiger partial charge on any atom is 0.282 e. The van der Waals surface area contributed by atoms with E-state index >= 15 is 0 Å². The molecular weight excluding hydrogens is 454 g/mol. The summed E-state index contributed by atoms with van der Waals surface area (Å²) in [5.74, 6) is 0.162. The van der Waals surface area contributed by atoms with E-state index in [2.05, 4.69) is 20.4 Å². The molecule has 2 aromatic carbocycles. The molecule has 3 aromatic rings. The molecular formula is C27H24N7O2-. The Kier molecular flexibility index (Phi) is 6.03. The number of aromatic nitrogens is 5. The SMILES string of the molecule is Cc1cc(C)nc(NC(=NCc2ccccc2)n2c([O-])cc3nn(-c4ccccc4)c(=O)c-3c2C)n1. The smallest absolute Gasteiger partial charge is 0.282 e. The zero-order valence-electron chi connectivity index (χ0n) is 20.1. The van der Waals surface area contributed by atoms with Crippen molar-refractivity contribution in [1.29, 1.82) is 0 Å². The van der Waals surface area contributed by atoms with Crippen LogP contribution in [0, 0.1) is 20.8 Å². The van der Waals surface area contributed by atoms with Gasteiger partial charge in [-0.25, -0.2) is 15.0 Å². The summed E-state index contributed by atoms with van der Waals surface area (Å²) in [5.41, 5.74) is 3.92. The summed E-state index contributed by atoms with van der Waals surface area (Å²) < 4.78 is 2.69. The van der Waals surface area contributed by atoms with Crippen LogP contribution in [0.25, 0.3) is 16.9 Å². The van der Waals surface area contributed by atoms with Crippen molar-refractivity contribution >= 4 is 11.9 Å². The maximum absolute atomic E-state index is 13.4. The Labute approximate surface area is 207 Å². The topological polar surface area (TPSA) is 113 Å². The summed E-state index contributed by atoms with van der Waals surface area (Å²) in [4.78, 5) is 26.9. The predicted molar refractivity (Wildman–Crippen MR) is 137 cm³/mol. The molecule has 1 N–H and O–H groups in total. The molecule has 0 aliphatic carbocycles. The van der Waals surface area contributed by atoms with Gasteiger partial charge in [0.1, 0.15) is 0 Å². The third-order valence-corrected chi connectivity index (χ3v) is 5.72. The van der Waals surface area contributed by atoms with Gasteiger partial charge in [-0.05, 0) is 56.5 Å². The monoisotopic (exact) mass is 478 g/mol. The van der Waals surface area contributed by atoms with E-state index in [4.69, 9.17) is 4.99 Å². The number of hydrogen-bond donors (Lipinski definition) is 1. The highest BCUT2D eigenvalue weighted by molar-refractivity contribution is 5.96. The molecule has 180 valence electrons. The van der Waals surface area contributed by atoms with Gasteiger partial charge in [0.25, 0.3) is 5.56 Å². The summed E-state index contributed by atoms with van der Waals surface area (Å²) in [7, 11) is 0. The lowest BCUT2D eigenvalue weighted by Crippen LogP contribution is -2.29. The molecule has 1 aromatic heterocycles. The first-order valence-electron chi connectivity index (χ1n) is 11.5. The molecule has 0 saturated heterocycles. The zero-order valence-corrected chi connectivity index (χ0v) is 20.1. The Morgan fingerprint density at radius 3 is 2.25 bits per heavy atom. The quantitative estimate of drug-likeness (QED) is 0.313. The zero-order chi connectivity index (χ0) is 25.2. The normalized spacial score (nSPS) is 11.7. The maximum atomic E-state index is 13.4. The van der Waals surface area contributed by atoms with Crippen molar-refractivity contribution in [2.45, 2.75) is 27.3 Å². The average molecular weight is 479 g/mol. The van der Waals surface area contributed by atoms with E-state index in [0.717, 1.165) is 17.0 Å². The Balaban J connectivity index is 1.67. The first kappa shape index (κ1) is 23.0. The van der Waals surface area contributed by atoms with Crippen LogP contribution < -0.4 is 16.0 Å². The number of nitrogens with zero attached hydrogens (tertiary/aromatic N) is 6. The number of hydrogen-bond acceptors (Lipinski definition) is 6. The molecule has 2 aliphatic rings. The van der Waals surface area contributed by atoms with Crippen LogP contribution in [0.2, 0.25) is 0 Å². The van der Waals surface area contributed by atoms with Gasteiger partial charge in [-0.2, -0.15) is 9.78 Å². The van der Waals surface area contributed by atoms with E-state index in [1.54, 1.807) is 19.1 Å². The second-order valence-corrected chi connectivity index (χ2v) is 8.44. The molecule has 9 nitrogen and oxygen atoms in total. The first-order valence-corrected chi connectivity index (χ1v) is 11.5. The molecule has 0 spiro atoms. The molecule has 0 atom stereocenters. The number of rotatable bonds is 4. The van der Waals surface area contributed by atoms with Crippen molar-refractivity contribution in [3.05, 3.63) is 106 Å². The second kappa shape index (κ2) is 9.46. The fourth-order valence-electron chi connectivity index (χ4n) is 4.12.